The van der Waals surface area contributed by atoms with Gasteiger partial charge in [-0.15, -0.1) is 0 Å². The molecular formula is C16H26N2O2. The van der Waals surface area contributed by atoms with E-state index in [0.717, 1.165) is 44.7 Å². The summed E-state index contributed by atoms with van der Waals surface area (Å²) in [5.74, 6) is 1.98. The third-order valence-electron chi connectivity index (χ3n) is 4.02. The average molecular weight is 278 g/mol. The molecule has 0 saturated carbocycles. The molecule has 1 aromatic rings. The van der Waals surface area contributed by atoms with E-state index in [-0.39, 0.29) is 11.9 Å². The van der Waals surface area contributed by atoms with Crippen LogP contribution >= 0.6 is 0 Å². The van der Waals surface area contributed by atoms with E-state index in [2.05, 4.69) is 19.2 Å². The van der Waals surface area contributed by atoms with Gasteiger partial charge < -0.3 is 14.6 Å². The summed E-state index contributed by atoms with van der Waals surface area (Å²) >= 11 is 0. The maximum Gasteiger partial charge on any atom is 0.289 e. The number of piperidine rings is 1. The Kier molecular flexibility index (Phi) is 5.24. The summed E-state index contributed by atoms with van der Waals surface area (Å²) in [7, 11) is 0. The van der Waals surface area contributed by atoms with Crippen LogP contribution < -0.4 is 5.32 Å². The topological polar surface area (TPSA) is 45.5 Å². The Morgan fingerprint density at radius 1 is 1.40 bits per heavy atom. The van der Waals surface area contributed by atoms with Gasteiger partial charge in [-0.2, -0.15) is 0 Å². The van der Waals surface area contributed by atoms with Crippen LogP contribution in [0.15, 0.2) is 16.5 Å². The number of amides is 1. The molecule has 0 radical (unpaired) electrons. The van der Waals surface area contributed by atoms with Crippen LogP contribution in [0, 0.1) is 5.92 Å². The van der Waals surface area contributed by atoms with Gasteiger partial charge >= 0.3 is 0 Å². The number of carbonyl (C=O) groups is 1. The summed E-state index contributed by atoms with van der Waals surface area (Å²) in [5, 5.41) is 3.37. The summed E-state index contributed by atoms with van der Waals surface area (Å²) < 4.78 is 5.61. The minimum atomic E-state index is 0.0261. The van der Waals surface area contributed by atoms with E-state index in [9.17, 15) is 4.79 Å². The predicted molar refractivity (Wildman–Crippen MR) is 79.9 cm³/mol. The maximum atomic E-state index is 12.6. The molecule has 2 heterocycles. The number of nitrogens with one attached hydrogen (secondary N) is 1. The average Bonchev–Trinajstić information content (AvgIpc) is 2.94. The predicted octanol–water partition coefficient (Wildman–Crippen LogP) is 2.69. The van der Waals surface area contributed by atoms with E-state index < -0.39 is 0 Å². The number of aryl methyl sites for hydroxylation is 1. The highest BCUT2D eigenvalue weighted by atomic mass is 16.4. The molecule has 20 heavy (non-hydrogen) atoms. The lowest BCUT2D eigenvalue weighted by molar-refractivity contribution is 0.0624. The first-order valence-electron chi connectivity index (χ1n) is 7.72. The summed E-state index contributed by atoms with van der Waals surface area (Å²) in [6.45, 7) is 9.13. The number of nitrogens with zero attached hydrogens (tertiary/aromatic N) is 1. The summed E-state index contributed by atoms with van der Waals surface area (Å²) in [6, 6.07) is 3.91. The fourth-order valence-corrected chi connectivity index (χ4v) is 2.70. The number of furan rings is 1. The van der Waals surface area contributed by atoms with Crippen LogP contribution in [0.3, 0.4) is 0 Å². The first kappa shape index (κ1) is 15.1. The molecule has 112 valence electrons. The van der Waals surface area contributed by atoms with E-state index in [1.54, 1.807) is 6.07 Å². The molecule has 1 aromatic heterocycles. The second kappa shape index (κ2) is 6.93. The van der Waals surface area contributed by atoms with Crippen molar-refractivity contribution < 1.29 is 9.21 Å². The first-order valence-corrected chi connectivity index (χ1v) is 7.72. The molecule has 2 rings (SSSR count). The van der Waals surface area contributed by atoms with Gasteiger partial charge in [0.1, 0.15) is 5.76 Å². The van der Waals surface area contributed by atoms with Crippen molar-refractivity contribution in [1.29, 1.82) is 0 Å². The molecule has 1 fully saturated rings. The van der Waals surface area contributed by atoms with Gasteiger partial charge in [-0.3, -0.25) is 4.79 Å². The number of carbonyl (C=O) groups excluding carboxylic acids is 1. The molecular weight excluding hydrogens is 252 g/mol. The quantitative estimate of drug-likeness (QED) is 0.900. The van der Waals surface area contributed by atoms with Crippen molar-refractivity contribution >= 4 is 5.91 Å². The second-order valence-electron chi connectivity index (χ2n) is 5.86. The smallest absolute Gasteiger partial charge is 0.289 e. The number of hydrogen-bond acceptors (Lipinski definition) is 3. The largest absolute Gasteiger partial charge is 0.456 e. The van der Waals surface area contributed by atoms with Crippen LogP contribution in [0.5, 0.6) is 0 Å². The molecule has 1 N–H and O–H groups in total. The first-order chi connectivity index (χ1) is 9.61. The summed E-state index contributed by atoms with van der Waals surface area (Å²) in [4.78, 5) is 14.6. The van der Waals surface area contributed by atoms with Crippen molar-refractivity contribution in [2.75, 3.05) is 19.6 Å². The molecule has 1 amide bonds. The zero-order valence-corrected chi connectivity index (χ0v) is 12.8. The molecule has 0 aliphatic carbocycles. The van der Waals surface area contributed by atoms with E-state index in [0.29, 0.717) is 11.7 Å². The molecule has 0 aromatic carbocycles. The lowest BCUT2D eigenvalue weighted by Gasteiger charge is -2.32. The molecule has 0 bridgehead atoms. The molecule has 1 aliphatic heterocycles. The van der Waals surface area contributed by atoms with Gasteiger partial charge in [0.2, 0.25) is 0 Å². The van der Waals surface area contributed by atoms with Crippen LogP contribution in [0.25, 0.3) is 0 Å². The van der Waals surface area contributed by atoms with Crippen LogP contribution in [-0.4, -0.2) is 36.5 Å². The normalized spacial score (nSPS) is 16.6. The van der Waals surface area contributed by atoms with Crippen molar-refractivity contribution in [3.8, 4) is 0 Å². The lowest BCUT2D eigenvalue weighted by atomic mass is 9.97. The van der Waals surface area contributed by atoms with Crippen molar-refractivity contribution in [2.45, 2.75) is 46.1 Å². The van der Waals surface area contributed by atoms with E-state index in [1.807, 2.05) is 17.9 Å². The van der Waals surface area contributed by atoms with Crippen LogP contribution in [0.4, 0.5) is 0 Å². The molecule has 1 aliphatic rings. The van der Waals surface area contributed by atoms with Gasteiger partial charge in [0, 0.05) is 19.0 Å². The number of rotatable bonds is 5. The Hall–Kier alpha value is -1.29. The van der Waals surface area contributed by atoms with Gasteiger partial charge in [-0.1, -0.05) is 6.92 Å². The minimum Gasteiger partial charge on any atom is -0.456 e. The van der Waals surface area contributed by atoms with E-state index in [1.165, 1.54) is 0 Å². The van der Waals surface area contributed by atoms with Crippen LogP contribution in [0.2, 0.25) is 0 Å². The zero-order valence-electron chi connectivity index (χ0n) is 12.8. The number of hydrogen-bond donors (Lipinski definition) is 1. The Labute approximate surface area is 121 Å². The van der Waals surface area contributed by atoms with Crippen molar-refractivity contribution in [3.05, 3.63) is 23.7 Å². The Bertz CT molecular complexity index is 433. The second-order valence-corrected chi connectivity index (χ2v) is 5.86. The third-order valence-corrected chi connectivity index (χ3v) is 4.02. The van der Waals surface area contributed by atoms with Gasteiger partial charge in [-0.05, 0) is 57.8 Å². The van der Waals surface area contributed by atoms with Gasteiger partial charge in [0.25, 0.3) is 5.91 Å². The van der Waals surface area contributed by atoms with Crippen LogP contribution in [-0.2, 0) is 6.42 Å². The van der Waals surface area contributed by atoms with E-state index in [4.69, 9.17) is 4.42 Å². The Morgan fingerprint density at radius 3 is 2.65 bits per heavy atom. The molecule has 1 saturated heterocycles. The van der Waals surface area contributed by atoms with Crippen molar-refractivity contribution in [2.24, 2.45) is 5.92 Å². The molecule has 0 spiro atoms. The summed E-state index contributed by atoms with van der Waals surface area (Å²) in [6.07, 6.45) is 3.12. The van der Waals surface area contributed by atoms with Crippen molar-refractivity contribution in [1.82, 2.24) is 10.2 Å². The third kappa shape index (κ3) is 3.63. The summed E-state index contributed by atoms with van der Waals surface area (Å²) in [5.41, 5.74) is 0. The fourth-order valence-electron chi connectivity index (χ4n) is 2.70. The Balaban J connectivity index is 2.04. The lowest BCUT2D eigenvalue weighted by Crippen LogP contribution is -2.42. The highest BCUT2D eigenvalue weighted by molar-refractivity contribution is 5.91. The van der Waals surface area contributed by atoms with Gasteiger partial charge in [0.05, 0.1) is 0 Å². The minimum absolute atomic E-state index is 0.0261. The highest BCUT2D eigenvalue weighted by Gasteiger charge is 2.25. The monoisotopic (exact) mass is 278 g/mol. The van der Waals surface area contributed by atoms with Crippen molar-refractivity contribution in [3.63, 3.8) is 0 Å². The highest BCUT2D eigenvalue weighted by Crippen LogP contribution is 2.18. The standard InChI is InChI=1S/C16H26N2O2/c1-4-14-5-6-15(20-14)16(19)18(12(2)3)11-13-7-9-17-10-8-13/h5-6,12-13,17H,4,7-11H2,1-3H3. The van der Waals surface area contributed by atoms with Gasteiger partial charge in [0.15, 0.2) is 5.76 Å². The fraction of sp³-hybridized carbons (Fsp3) is 0.688. The Morgan fingerprint density at radius 2 is 2.10 bits per heavy atom. The van der Waals surface area contributed by atoms with Gasteiger partial charge in [-0.25, -0.2) is 0 Å². The molecule has 4 nitrogen and oxygen atoms in total. The molecule has 4 heteroatoms. The molecule has 0 atom stereocenters. The van der Waals surface area contributed by atoms with Crippen LogP contribution in [0.1, 0.15) is 49.9 Å². The zero-order chi connectivity index (χ0) is 14.5. The molecule has 0 unspecified atom stereocenters. The van der Waals surface area contributed by atoms with E-state index >= 15 is 0 Å². The maximum absolute atomic E-state index is 12.6. The SMILES string of the molecule is CCc1ccc(C(=O)N(CC2CCNCC2)C(C)C)o1.